The zero-order valence-electron chi connectivity index (χ0n) is 11.4. The van der Waals surface area contributed by atoms with Gasteiger partial charge < -0.3 is 15.2 Å². The average Bonchev–Trinajstić information content (AvgIpc) is 2.45. The predicted octanol–water partition coefficient (Wildman–Crippen LogP) is 1.06. The minimum absolute atomic E-state index is 0.170. The van der Waals surface area contributed by atoms with Crippen LogP contribution in [0.15, 0.2) is 18.2 Å². The van der Waals surface area contributed by atoms with E-state index in [0.29, 0.717) is 0 Å². The number of hydrogen-bond donors (Lipinski definition) is 2. The molecule has 21 heavy (non-hydrogen) atoms. The SMILES string of the molecule is C[C@H](O)c1cc([N+](=O)[O-])ccc1OCC(=O)NCCC#N. The van der Waals surface area contributed by atoms with Crippen LogP contribution in [0.2, 0.25) is 0 Å². The Morgan fingerprint density at radius 2 is 2.33 bits per heavy atom. The van der Waals surface area contributed by atoms with Gasteiger partial charge in [0.05, 0.1) is 23.5 Å². The summed E-state index contributed by atoms with van der Waals surface area (Å²) in [5, 5.41) is 31.1. The van der Waals surface area contributed by atoms with Gasteiger partial charge in [-0.3, -0.25) is 14.9 Å². The Labute approximate surface area is 121 Å². The standard InChI is InChI=1S/C13H15N3O5/c1-9(17)11-7-10(16(19)20)3-4-12(11)21-8-13(18)15-6-2-5-14/h3-4,7,9,17H,2,6,8H2,1H3,(H,15,18)/t9-/m0/s1. The number of carbonyl (C=O) groups is 1. The summed E-state index contributed by atoms with van der Waals surface area (Å²) in [6.45, 7) is 1.37. The van der Waals surface area contributed by atoms with Gasteiger partial charge in [-0.15, -0.1) is 0 Å². The summed E-state index contributed by atoms with van der Waals surface area (Å²) in [6, 6.07) is 5.65. The molecule has 1 atom stereocenters. The quantitative estimate of drug-likeness (QED) is 0.440. The minimum Gasteiger partial charge on any atom is -0.483 e. The first-order chi connectivity index (χ1) is 9.95. The van der Waals surface area contributed by atoms with Gasteiger partial charge in [0.15, 0.2) is 6.61 Å². The molecule has 0 unspecified atom stereocenters. The summed E-state index contributed by atoms with van der Waals surface area (Å²) < 4.78 is 5.25. The highest BCUT2D eigenvalue weighted by Crippen LogP contribution is 2.29. The third kappa shape index (κ3) is 5.08. The molecule has 0 radical (unpaired) electrons. The Morgan fingerprint density at radius 1 is 1.62 bits per heavy atom. The van der Waals surface area contributed by atoms with E-state index in [4.69, 9.17) is 10.00 Å². The zero-order valence-corrected chi connectivity index (χ0v) is 11.4. The number of non-ortho nitro benzene ring substituents is 1. The summed E-state index contributed by atoms with van der Waals surface area (Å²) in [5.41, 5.74) is 0.0609. The first kappa shape index (κ1) is 16.4. The van der Waals surface area contributed by atoms with Crippen LogP contribution in [0.25, 0.3) is 0 Å². The molecule has 0 heterocycles. The number of nitro benzene ring substituents is 1. The largest absolute Gasteiger partial charge is 0.483 e. The molecule has 0 fully saturated rings. The van der Waals surface area contributed by atoms with Gasteiger partial charge in [0, 0.05) is 24.2 Å². The number of benzene rings is 1. The second-order valence-corrected chi connectivity index (χ2v) is 4.20. The van der Waals surface area contributed by atoms with Gasteiger partial charge >= 0.3 is 0 Å². The number of rotatable bonds is 7. The van der Waals surface area contributed by atoms with E-state index in [-0.39, 0.29) is 36.6 Å². The van der Waals surface area contributed by atoms with E-state index in [1.54, 1.807) is 0 Å². The second kappa shape index (κ2) is 7.81. The molecule has 1 aromatic rings. The summed E-state index contributed by atoms with van der Waals surface area (Å²) >= 11 is 0. The number of hydrogen-bond acceptors (Lipinski definition) is 6. The molecule has 2 N–H and O–H groups in total. The van der Waals surface area contributed by atoms with Crippen LogP contribution in [0.5, 0.6) is 5.75 Å². The van der Waals surface area contributed by atoms with Crippen molar-refractivity contribution in [2.24, 2.45) is 0 Å². The van der Waals surface area contributed by atoms with Crippen molar-refractivity contribution in [1.29, 1.82) is 5.26 Å². The van der Waals surface area contributed by atoms with Gasteiger partial charge in [-0.05, 0) is 13.0 Å². The van der Waals surface area contributed by atoms with Gasteiger partial charge in [-0.1, -0.05) is 0 Å². The van der Waals surface area contributed by atoms with Crippen molar-refractivity contribution >= 4 is 11.6 Å². The molecule has 1 amide bonds. The van der Waals surface area contributed by atoms with Gasteiger partial charge in [-0.25, -0.2) is 0 Å². The third-order valence-corrected chi connectivity index (χ3v) is 2.57. The first-order valence-corrected chi connectivity index (χ1v) is 6.18. The lowest BCUT2D eigenvalue weighted by atomic mass is 10.1. The van der Waals surface area contributed by atoms with Crippen molar-refractivity contribution in [3.63, 3.8) is 0 Å². The topological polar surface area (TPSA) is 125 Å². The van der Waals surface area contributed by atoms with Gasteiger partial charge in [-0.2, -0.15) is 5.26 Å². The molecule has 0 aliphatic rings. The molecule has 1 rings (SSSR count). The first-order valence-electron chi connectivity index (χ1n) is 6.18. The maximum Gasteiger partial charge on any atom is 0.270 e. The smallest absolute Gasteiger partial charge is 0.270 e. The van der Waals surface area contributed by atoms with Gasteiger partial charge in [0.2, 0.25) is 0 Å². The fourth-order valence-corrected chi connectivity index (χ4v) is 1.56. The summed E-state index contributed by atoms with van der Waals surface area (Å²) in [5.74, 6) is -0.217. The van der Waals surface area contributed by atoms with Crippen molar-refractivity contribution in [1.82, 2.24) is 5.32 Å². The zero-order chi connectivity index (χ0) is 15.8. The lowest BCUT2D eigenvalue weighted by molar-refractivity contribution is -0.385. The monoisotopic (exact) mass is 293 g/mol. The Bertz CT molecular complexity index is 565. The number of aliphatic hydroxyl groups is 1. The number of nitrogens with one attached hydrogen (secondary N) is 1. The lowest BCUT2D eigenvalue weighted by Crippen LogP contribution is -2.29. The van der Waals surface area contributed by atoms with Crippen LogP contribution in [0.3, 0.4) is 0 Å². The molecule has 0 saturated heterocycles. The molecule has 0 aliphatic heterocycles. The van der Waals surface area contributed by atoms with Crippen molar-refractivity contribution in [2.75, 3.05) is 13.2 Å². The van der Waals surface area contributed by atoms with E-state index >= 15 is 0 Å². The number of nitro groups is 1. The Morgan fingerprint density at radius 3 is 2.90 bits per heavy atom. The van der Waals surface area contributed by atoms with Crippen LogP contribution in [0, 0.1) is 21.4 Å². The number of nitriles is 1. The predicted molar refractivity (Wildman–Crippen MR) is 72.5 cm³/mol. The summed E-state index contributed by atoms with van der Waals surface area (Å²) in [6.07, 6.45) is -0.774. The minimum atomic E-state index is -0.971. The Kier molecular flexibility index (Phi) is 6.10. The fraction of sp³-hybridized carbons (Fsp3) is 0.385. The number of amides is 1. The molecule has 8 heteroatoms. The van der Waals surface area contributed by atoms with Crippen LogP contribution in [0.1, 0.15) is 25.0 Å². The van der Waals surface area contributed by atoms with Crippen molar-refractivity contribution in [3.8, 4) is 11.8 Å². The second-order valence-electron chi connectivity index (χ2n) is 4.20. The van der Waals surface area contributed by atoms with Crippen LogP contribution >= 0.6 is 0 Å². The Balaban J connectivity index is 2.72. The van der Waals surface area contributed by atoms with Crippen molar-refractivity contribution in [2.45, 2.75) is 19.4 Å². The highest BCUT2D eigenvalue weighted by molar-refractivity contribution is 5.77. The number of nitrogens with zero attached hydrogens (tertiary/aromatic N) is 2. The molecular formula is C13H15N3O5. The van der Waals surface area contributed by atoms with Crippen LogP contribution < -0.4 is 10.1 Å². The number of carbonyl (C=O) groups excluding carboxylic acids is 1. The maximum absolute atomic E-state index is 11.4. The molecule has 0 aromatic heterocycles. The average molecular weight is 293 g/mol. The lowest BCUT2D eigenvalue weighted by Gasteiger charge is -2.13. The van der Waals surface area contributed by atoms with Crippen molar-refractivity contribution in [3.05, 3.63) is 33.9 Å². The maximum atomic E-state index is 11.4. The molecule has 0 bridgehead atoms. The number of aliphatic hydroxyl groups excluding tert-OH is 1. The van der Waals surface area contributed by atoms with Crippen molar-refractivity contribution < 1.29 is 19.6 Å². The van der Waals surface area contributed by atoms with Gasteiger partial charge in [0.1, 0.15) is 5.75 Å². The number of ether oxygens (including phenoxy) is 1. The van der Waals surface area contributed by atoms with Gasteiger partial charge in [0.25, 0.3) is 11.6 Å². The molecule has 0 saturated carbocycles. The third-order valence-electron chi connectivity index (χ3n) is 2.57. The van der Waals surface area contributed by atoms with Crippen LogP contribution in [-0.2, 0) is 4.79 Å². The molecule has 0 spiro atoms. The van der Waals surface area contributed by atoms with E-state index in [9.17, 15) is 20.0 Å². The van der Waals surface area contributed by atoms with E-state index in [2.05, 4.69) is 5.32 Å². The Hall–Kier alpha value is -2.66. The van der Waals surface area contributed by atoms with E-state index < -0.39 is 16.9 Å². The molecular weight excluding hydrogens is 278 g/mol. The highest BCUT2D eigenvalue weighted by Gasteiger charge is 2.16. The van der Waals surface area contributed by atoms with Crippen LogP contribution in [0.4, 0.5) is 5.69 Å². The van der Waals surface area contributed by atoms with Crippen LogP contribution in [-0.4, -0.2) is 29.1 Å². The molecule has 8 nitrogen and oxygen atoms in total. The normalized spacial score (nSPS) is 11.3. The molecule has 112 valence electrons. The molecule has 1 aromatic carbocycles. The summed E-state index contributed by atoms with van der Waals surface area (Å²) in [7, 11) is 0. The fourth-order valence-electron chi connectivity index (χ4n) is 1.56. The van der Waals surface area contributed by atoms with E-state index in [1.807, 2.05) is 6.07 Å². The highest BCUT2D eigenvalue weighted by atomic mass is 16.6. The van der Waals surface area contributed by atoms with E-state index in [1.165, 1.54) is 25.1 Å². The molecule has 0 aliphatic carbocycles. The summed E-state index contributed by atoms with van der Waals surface area (Å²) in [4.78, 5) is 21.5. The van der Waals surface area contributed by atoms with E-state index in [0.717, 1.165) is 0 Å².